The molecule has 0 fully saturated rings. The van der Waals surface area contributed by atoms with E-state index in [1.54, 1.807) is 11.3 Å². The van der Waals surface area contributed by atoms with E-state index in [4.69, 9.17) is 0 Å². The summed E-state index contributed by atoms with van der Waals surface area (Å²) < 4.78 is 0. The monoisotopic (exact) mass is 179 g/mol. The maximum Gasteiger partial charge on any atom is 0.0581 e. The minimum atomic E-state index is 0.422. The van der Waals surface area contributed by atoms with Gasteiger partial charge < -0.3 is 0 Å². The van der Waals surface area contributed by atoms with Crippen molar-refractivity contribution in [3.8, 4) is 11.8 Å². The summed E-state index contributed by atoms with van der Waals surface area (Å²) in [5, 5.41) is 5.42. The summed E-state index contributed by atoms with van der Waals surface area (Å²) in [4.78, 5) is 1.37. The van der Waals surface area contributed by atoms with E-state index in [0.717, 1.165) is 6.54 Å². The average Bonchev–Trinajstić information content (AvgIpc) is 2.56. The van der Waals surface area contributed by atoms with Crippen LogP contribution in [0.25, 0.3) is 0 Å². The summed E-state index contributed by atoms with van der Waals surface area (Å²) in [7, 11) is 0. The molecule has 1 atom stereocenters. The van der Waals surface area contributed by atoms with Crippen LogP contribution in [0.1, 0.15) is 24.8 Å². The maximum absolute atomic E-state index is 3.32. The fraction of sp³-hybridized carbons (Fsp3) is 0.400. The molecule has 0 radical (unpaired) electrons. The lowest BCUT2D eigenvalue weighted by Crippen LogP contribution is -2.17. The van der Waals surface area contributed by atoms with Crippen molar-refractivity contribution in [3.63, 3.8) is 0 Å². The van der Waals surface area contributed by atoms with Gasteiger partial charge in [0.05, 0.1) is 6.54 Å². The molecule has 0 bridgehead atoms. The first-order chi connectivity index (χ1) is 5.84. The third-order valence-electron chi connectivity index (χ3n) is 1.64. The first kappa shape index (κ1) is 9.31. The van der Waals surface area contributed by atoms with E-state index in [2.05, 4.69) is 41.6 Å². The number of hydrogen-bond acceptors (Lipinski definition) is 2. The Hall–Kier alpha value is -0.780. The highest BCUT2D eigenvalue weighted by atomic mass is 32.1. The van der Waals surface area contributed by atoms with Gasteiger partial charge in [0.15, 0.2) is 0 Å². The Bertz CT molecular complexity index is 266. The van der Waals surface area contributed by atoms with E-state index in [0.29, 0.717) is 6.04 Å². The Morgan fingerprint density at radius 3 is 3.08 bits per heavy atom. The van der Waals surface area contributed by atoms with Crippen LogP contribution >= 0.6 is 11.3 Å². The number of hydrogen-bond donors (Lipinski definition) is 1. The van der Waals surface area contributed by atoms with Gasteiger partial charge in [0.25, 0.3) is 0 Å². The maximum atomic E-state index is 3.32. The molecule has 1 nitrogen and oxygen atoms in total. The zero-order valence-corrected chi connectivity index (χ0v) is 8.24. The van der Waals surface area contributed by atoms with Crippen LogP contribution < -0.4 is 5.32 Å². The van der Waals surface area contributed by atoms with Crippen LogP contribution in [0.3, 0.4) is 0 Å². The van der Waals surface area contributed by atoms with E-state index >= 15 is 0 Å². The molecule has 0 unspecified atom stereocenters. The van der Waals surface area contributed by atoms with Gasteiger partial charge in [-0.25, -0.2) is 0 Å². The number of rotatable bonds is 3. The fourth-order valence-corrected chi connectivity index (χ4v) is 1.69. The molecule has 0 aliphatic heterocycles. The van der Waals surface area contributed by atoms with Gasteiger partial charge in [0.2, 0.25) is 0 Å². The van der Waals surface area contributed by atoms with Gasteiger partial charge in [-0.3, -0.25) is 5.32 Å². The van der Waals surface area contributed by atoms with Crippen molar-refractivity contribution >= 4 is 11.3 Å². The molecule has 0 aliphatic carbocycles. The molecule has 1 heterocycles. The molecule has 1 aromatic rings. The van der Waals surface area contributed by atoms with Gasteiger partial charge in [-0.05, 0) is 25.3 Å². The standard InChI is InChI=1S/C10H13NS/c1-3-4-7-11-9(2)10-6-5-8-12-10/h5-6,8-9,11H,7H2,1-2H3/t9-/m0/s1. The molecule has 1 N–H and O–H groups in total. The van der Waals surface area contributed by atoms with Crippen LogP contribution in [0.15, 0.2) is 17.5 Å². The van der Waals surface area contributed by atoms with Gasteiger partial charge in [0.1, 0.15) is 0 Å². The molecule has 64 valence electrons. The molecule has 0 spiro atoms. The smallest absolute Gasteiger partial charge is 0.0581 e. The van der Waals surface area contributed by atoms with Crippen LogP contribution in [0.2, 0.25) is 0 Å². The summed E-state index contributed by atoms with van der Waals surface area (Å²) in [6, 6.07) is 4.64. The third kappa shape index (κ3) is 2.69. The van der Waals surface area contributed by atoms with E-state index in [1.807, 2.05) is 6.92 Å². The highest BCUT2D eigenvalue weighted by molar-refractivity contribution is 7.10. The van der Waals surface area contributed by atoms with Gasteiger partial charge in [0, 0.05) is 10.9 Å². The highest BCUT2D eigenvalue weighted by Gasteiger charge is 2.02. The minimum absolute atomic E-state index is 0.422. The molecule has 0 aromatic carbocycles. The summed E-state index contributed by atoms with van der Waals surface area (Å²) in [5.41, 5.74) is 0. The largest absolute Gasteiger partial charge is 0.299 e. The fourth-order valence-electron chi connectivity index (χ4n) is 0.931. The second-order valence-electron chi connectivity index (χ2n) is 2.54. The van der Waals surface area contributed by atoms with Crippen molar-refractivity contribution in [3.05, 3.63) is 22.4 Å². The summed E-state index contributed by atoms with van der Waals surface area (Å²) in [6.45, 7) is 4.79. The average molecular weight is 179 g/mol. The first-order valence-electron chi connectivity index (χ1n) is 4.01. The van der Waals surface area contributed by atoms with Crippen LogP contribution in [0.4, 0.5) is 0 Å². The Morgan fingerprint density at radius 1 is 1.67 bits per heavy atom. The van der Waals surface area contributed by atoms with Crippen molar-refractivity contribution in [2.24, 2.45) is 0 Å². The lowest BCUT2D eigenvalue weighted by molar-refractivity contribution is 0.633. The van der Waals surface area contributed by atoms with Crippen molar-refractivity contribution < 1.29 is 0 Å². The molecule has 1 rings (SSSR count). The van der Waals surface area contributed by atoms with Gasteiger partial charge >= 0.3 is 0 Å². The summed E-state index contributed by atoms with van der Waals surface area (Å²) >= 11 is 1.78. The summed E-state index contributed by atoms with van der Waals surface area (Å²) in [5.74, 6) is 5.84. The molecule has 1 aromatic heterocycles. The molecule has 2 heteroatoms. The lowest BCUT2D eigenvalue weighted by Gasteiger charge is -2.08. The predicted octanol–water partition coefficient (Wildman–Crippen LogP) is 2.42. The van der Waals surface area contributed by atoms with Crippen molar-refractivity contribution in [1.82, 2.24) is 5.32 Å². The van der Waals surface area contributed by atoms with Gasteiger partial charge in [-0.2, -0.15) is 0 Å². The zero-order valence-electron chi connectivity index (χ0n) is 7.42. The second-order valence-corrected chi connectivity index (χ2v) is 3.52. The summed E-state index contributed by atoms with van der Waals surface area (Å²) in [6.07, 6.45) is 0. The Morgan fingerprint density at radius 2 is 2.50 bits per heavy atom. The van der Waals surface area contributed by atoms with E-state index in [9.17, 15) is 0 Å². The molecule has 0 saturated carbocycles. The van der Waals surface area contributed by atoms with Crippen LogP contribution in [0.5, 0.6) is 0 Å². The number of thiophene rings is 1. The van der Waals surface area contributed by atoms with E-state index in [-0.39, 0.29) is 0 Å². The zero-order chi connectivity index (χ0) is 8.81. The van der Waals surface area contributed by atoms with E-state index in [1.165, 1.54) is 4.88 Å². The van der Waals surface area contributed by atoms with Crippen LogP contribution in [0, 0.1) is 11.8 Å². The normalized spacial score (nSPS) is 11.8. The molecular formula is C10H13NS. The number of nitrogens with one attached hydrogen (secondary N) is 1. The minimum Gasteiger partial charge on any atom is -0.299 e. The predicted molar refractivity (Wildman–Crippen MR) is 54.2 cm³/mol. The Kier molecular flexibility index (Phi) is 3.86. The SMILES string of the molecule is CC#CCN[C@@H](C)c1cccs1. The van der Waals surface area contributed by atoms with Gasteiger partial charge in [-0.15, -0.1) is 17.3 Å². The lowest BCUT2D eigenvalue weighted by atomic mass is 10.3. The van der Waals surface area contributed by atoms with Crippen molar-refractivity contribution in [2.45, 2.75) is 19.9 Å². The van der Waals surface area contributed by atoms with Crippen molar-refractivity contribution in [1.29, 1.82) is 0 Å². The van der Waals surface area contributed by atoms with E-state index < -0.39 is 0 Å². The molecular weight excluding hydrogens is 166 g/mol. The van der Waals surface area contributed by atoms with Crippen molar-refractivity contribution in [2.75, 3.05) is 6.54 Å². The molecule has 0 amide bonds. The first-order valence-corrected chi connectivity index (χ1v) is 4.89. The molecule has 0 saturated heterocycles. The van der Waals surface area contributed by atoms with Crippen LogP contribution in [-0.2, 0) is 0 Å². The molecule has 0 aliphatic rings. The molecule has 12 heavy (non-hydrogen) atoms. The Balaban J connectivity index is 2.37. The quantitative estimate of drug-likeness (QED) is 0.703. The van der Waals surface area contributed by atoms with Gasteiger partial charge in [-0.1, -0.05) is 12.0 Å². The second kappa shape index (κ2) is 4.97. The topological polar surface area (TPSA) is 12.0 Å². The van der Waals surface area contributed by atoms with Crippen LogP contribution in [-0.4, -0.2) is 6.54 Å². The highest BCUT2D eigenvalue weighted by Crippen LogP contribution is 2.17. The third-order valence-corrected chi connectivity index (χ3v) is 2.70. The Labute approximate surface area is 77.8 Å².